The minimum Gasteiger partial charge on any atom is -0.370 e. The molecular formula is C23H29N5O2. The monoisotopic (exact) mass is 407 g/mol. The standard InChI is InChI=1S/C23H29N5O2/c24-23(25)28-14-9-19-3-1-2-4-20(19)22(28)30-16-18-7-12-27(13-8-18)21(29)15-17-5-10-26-11-6-17/h1-6,10-11,18,22H,7-9,12-16H2,(H3,24,25). The van der Waals surface area contributed by atoms with Crippen LogP contribution in [0.2, 0.25) is 0 Å². The molecule has 2 aliphatic rings. The van der Waals surface area contributed by atoms with Crippen LogP contribution in [0.4, 0.5) is 0 Å². The van der Waals surface area contributed by atoms with Crippen LogP contribution in [0, 0.1) is 11.3 Å². The van der Waals surface area contributed by atoms with E-state index in [0.717, 1.165) is 43.5 Å². The molecule has 1 unspecified atom stereocenters. The van der Waals surface area contributed by atoms with E-state index in [4.69, 9.17) is 15.9 Å². The second kappa shape index (κ2) is 9.26. The van der Waals surface area contributed by atoms with Crippen molar-refractivity contribution in [2.75, 3.05) is 26.2 Å². The van der Waals surface area contributed by atoms with Crippen LogP contribution in [0.3, 0.4) is 0 Å². The molecule has 1 aromatic heterocycles. The maximum Gasteiger partial charge on any atom is 0.226 e. The molecule has 7 nitrogen and oxygen atoms in total. The van der Waals surface area contributed by atoms with Crippen LogP contribution >= 0.6 is 0 Å². The van der Waals surface area contributed by atoms with Gasteiger partial charge in [0.25, 0.3) is 0 Å². The van der Waals surface area contributed by atoms with Crippen LogP contribution in [-0.4, -0.2) is 52.9 Å². The number of nitrogens with one attached hydrogen (secondary N) is 1. The van der Waals surface area contributed by atoms with E-state index < -0.39 is 0 Å². The Morgan fingerprint density at radius 3 is 2.60 bits per heavy atom. The predicted molar refractivity (Wildman–Crippen MR) is 115 cm³/mol. The van der Waals surface area contributed by atoms with Crippen molar-refractivity contribution in [1.29, 1.82) is 5.41 Å². The van der Waals surface area contributed by atoms with Gasteiger partial charge in [-0.05, 0) is 48.4 Å². The van der Waals surface area contributed by atoms with Gasteiger partial charge < -0.3 is 20.3 Å². The van der Waals surface area contributed by atoms with Gasteiger partial charge in [-0.25, -0.2) is 0 Å². The van der Waals surface area contributed by atoms with Crippen molar-refractivity contribution in [3.05, 3.63) is 65.5 Å². The fraction of sp³-hybridized carbons (Fsp3) is 0.435. The first-order valence-electron chi connectivity index (χ1n) is 10.6. The van der Waals surface area contributed by atoms with Crippen molar-refractivity contribution >= 4 is 11.9 Å². The molecule has 1 aromatic carbocycles. The van der Waals surface area contributed by atoms with E-state index in [1.54, 1.807) is 12.4 Å². The molecule has 30 heavy (non-hydrogen) atoms. The highest BCUT2D eigenvalue weighted by atomic mass is 16.5. The number of piperidine rings is 1. The Kier molecular flexibility index (Phi) is 6.28. The van der Waals surface area contributed by atoms with Gasteiger partial charge in [-0.1, -0.05) is 24.3 Å². The second-order valence-corrected chi connectivity index (χ2v) is 8.07. The second-order valence-electron chi connectivity index (χ2n) is 8.07. The van der Waals surface area contributed by atoms with Gasteiger partial charge in [0, 0.05) is 37.6 Å². The topological polar surface area (TPSA) is 95.5 Å². The highest BCUT2D eigenvalue weighted by Crippen LogP contribution is 2.31. The van der Waals surface area contributed by atoms with E-state index in [2.05, 4.69) is 17.1 Å². The first-order chi connectivity index (χ1) is 14.6. The number of nitrogens with two attached hydrogens (primary N) is 1. The molecule has 0 aliphatic carbocycles. The van der Waals surface area contributed by atoms with Gasteiger partial charge >= 0.3 is 0 Å². The van der Waals surface area contributed by atoms with E-state index in [1.807, 2.05) is 34.1 Å². The normalized spacial score (nSPS) is 19.4. The molecule has 2 aliphatic heterocycles. The summed E-state index contributed by atoms with van der Waals surface area (Å²) in [5.74, 6) is 0.619. The van der Waals surface area contributed by atoms with Crippen molar-refractivity contribution in [2.45, 2.75) is 31.9 Å². The summed E-state index contributed by atoms with van der Waals surface area (Å²) in [5, 5.41) is 7.92. The summed E-state index contributed by atoms with van der Waals surface area (Å²) < 4.78 is 6.31. The van der Waals surface area contributed by atoms with Crippen LogP contribution in [0.25, 0.3) is 0 Å². The zero-order chi connectivity index (χ0) is 20.9. The summed E-state index contributed by atoms with van der Waals surface area (Å²) in [6, 6.07) is 12.0. The minimum atomic E-state index is -0.307. The lowest BCUT2D eigenvalue weighted by Gasteiger charge is -2.39. The average Bonchev–Trinajstić information content (AvgIpc) is 2.78. The maximum absolute atomic E-state index is 12.6. The third-order valence-electron chi connectivity index (χ3n) is 6.10. The number of carbonyl (C=O) groups excluding carboxylic acids is 1. The average molecular weight is 408 g/mol. The number of likely N-dealkylation sites (tertiary alicyclic amines) is 1. The Labute approximate surface area is 177 Å². The first kappa shape index (κ1) is 20.3. The smallest absolute Gasteiger partial charge is 0.226 e. The minimum absolute atomic E-state index is 0.0473. The Morgan fingerprint density at radius 1 is 1.13 bits per heavy atom. The molecule has 0 bridgehead atoms. The zero-order valence-electron chi connectivity index (χ0n) is 17.2. The molecule has 2 aromatic rings. The van der Waals surface area contributed by atoms with Gasteiger partial charge in [0.1, 0.15) is 0 Å². The number of ether oxygens (including phenoxy) is 1. The first-order valence-corrected chi connectivity index (χ1v) is 10.6. The number of benzene rings is 1. The molecule has 1 amide bonds. The van der Waals surface area contributed by atoms with Crippen LogP contribution in [0.1, 0.15) is 35.8 Å². The molecular weight excluding hydrogens is 378 g/mol. The van der Waals surface area contributed by atoms with Gasteiger partial charge in [0.15, 0.2) is 12.2 Å². The van der Waals surface area contributed by atoms with Crippen molar-refractivity contribution in [3.63, 3.8) is 0 Å². The zero-order valence-corrected chi connectivity index (χ0v) is 17.2. The molecule has 3 heterocycles. The largest absolute Gasteiger partial charge is 0.370 e. The van der Waals surface area contributed by atoms with E-state index in [9.17, 15) is 4.79 Å². The van der Waals surface area contributed by atoms with Gasteiger partial charge in [0.05, 0.1) is 13.0 Å². The summed E-state index contributed by atoms with van der Waals surface area (Å²) >= 11 is 0. The van der Waals surface area contributed by atoms with E-state index in [0.29, 0.717) is 25.5 Å². The molecule has 1 fully saturated rings. The number of aromatic nitrogens is 1. The Bertz CT molecular complexity index is 880. The van der Waals surface area contributed by atoms with Gasteiger partial charge in [-0.3, -0.25) is 15.2 Å². The van der Waals surface area contributed by atoms with E-state index in [1.165, 1.54) is 5.56 Å². The highest BCUT2D eigenvalue weighted by Gasteiger charge is 2.30. The summed E-state index contributed by atoms with van der Waals surface area (Å²) in [7, 11) is 0. The lowest BCUT2D eigenvalue weighted by Crippen LogP contribution is -2.45. The number of nitrogens with zero attached hydrogens (tertiary/aromatic N) is 3. The lowest BCUT2D eigenvalue weighted by molar-refractivity contribution is -0.132. The molecule has 1 atom stereocenters. The van der Waals surface area contributed by atoms with Crippen LogP contribution in [-0.2, 0) is 22.4 Å². The fourth-order valence-electron chi connectivity index (χ4n) is 4.32. The van der Waals surface area contributed by atoms with Crippen LogP contribution < -0.4 is 5.73 Å². The van der Waals surface area contributed by atoms with Crippen LogP contribution in [0.5, 0.6) is 0 Å². The highest BCUT2D eigenvalue weighted by molar-refractivity contribution is 5.78. The quantitative estimate of drug-likeness (QED) is 0.586. The molecule has 4 rings (SSSR count). The number of rotatable bonds is 5. The number of guanidine groups is 1. The summed E-state index contributed by atoms with van der Waals surface area (Å²) in [4.78, 5) is 20.3. The van der Waals surface area contributed by atoms with Crippen molar-refractivity contribution in [2.24, 2.45) is 11.7 Å². The summed E-state index contributed by atoms with van der Waals surface area (Å²) in [6.45, 7) is 2.82. The van der Waals surface area contributed by atoms with Gasteiger partial charge in [-0.2, -0.15) is 0 Å². The lowest BCUT2D eigenvalue weighted by atomic mass is 9.96. The number of amides is 1. The van der Waals surface area contributed by atoms with Gasteiger partial charge in [-0.15, -0.1) is 0 Å². The van der Waals surface area contributed by atoms with Crippen LogP contribution in [0.15, 0.2) is 48.8 Å². The predicted octanol–water partition coefficient (Wildman–Crippen LogP) is 2.33. The fourth-order valence-corrected chi connectivity index (χ4v) is 4.32. The molecule has 1 saturated heterocycles. The number of carbonyl (C=O) groups is 1. The van der Waals surface area contributed by atoms with Crippen molar-refractivity contribution in [3.8, 4) is 0 Å². The third-order valence-corrected chi connectivity index (χ3v) is 6.10. The SMILES string of the molecule is N=C(N)N1CCc2ccccc2C1OCC1CCN(C(=O)Cc2ccncc2)CC1. The third kappa shape index (κ3) is 4.62. The van der Waals surface area contributed by atoms with Crippen molar-refractivity contribution in [1.82, 2.24) is 14.8 Å². The summed E-state index contributed by atoms with van der Waals surface area (Å²) in [6.07, 6.45) is 6.29. The summed E-state index contributed by atoms with van der Waals surface area (Å²) in [5.41, 5.74) is 9.18. The number of pyridine rings is 1. The van der Waals surface area contributed by atoms with E-state index in [-0.39, 0.29) is 18.1 Å². The molecule has 3 N–H and O–H groups in total. The maximum atomic E-state index is 12.6. The number of fused-ring (bicyclic) bond motifs is 1. The Hall–Kier alpha value is -2.93. The van der Waals surface area contributed by atoms with E-state index >= 15 is 0 Å². The molecule has 158 valence electrons. The number of hydrogen-bond acceptors (Lipinski definition) is 4. The molecule has 0 saturated carbocycles. The number of hydrogen-bond donors (Lipinski definition) is 2. The molecule has 7 heteroatoms. The Balaban J connectivity index is 1.31. The van der Waals surface area contributed by atoms with Gasteiger partial charge in [0.2, 0.25) is 5.91 Å². The molecule has 0 radical (unpaired) electrons. The molecule has 0 spiro atoms. The van der Waals surface area contributed by atoms with Crippen molar-refractivity contribution < 1.29 is 9.53 Å². The Morgan fingerprint density at radius 2 is 1.87 bits per heavy atom.